The molecule has 1 aliphatic heterocycles. The Hall–Kier alpha value is -1.54. The first-order valence-electron chi connectivity index (χ1n) is 8.79. The Morgan fingerprint density at radius 2 is 2.07 bits per heavy atom. The number of nitrogens with one attached hydrogen (secondary N) is 1. The van der Waals surface area contributed by atoms with Crippen LogP contribution in [-0.2, 0) is 4.74 Å². The molecule has 146 valence electrons. The number of nitrogens with zero attached hydrogens (tertiary/aromatic N) is 2. The molecule has 1 aliphatic rings. The van der Waals surface area contributed by atoms with Gasteiger partial charge in [-0.1, -0.05) is 11.6 Å². The molecule has 0 saturated heterocycles. The molecule has 27 heavy (non-hydrogen) atoms. The SMILES string of the molecule is COCCOc1ccc2c(OC)cc(C3=NC(NC(C)C)CS3)nc2c1Cl. The minimum atomic E-state index is 0.0904. The summed E-state index contributed by atoms with van der Waals surface area (Å²) in [6.07, 6.45) is 0.0904. The first kappa shape index (κ1) is 20.2. The van der Waals surface area contributed by atoms with Gasteiger partial charge in [0.2, 0.25) is 0 Å². The fraction of sp³-hybridized carbons (Fsp3) is 0.474. The molecular formula is C19H24ClN3O3S. The standard InChI is InChI=1S/C19H24ClN3O3S/c1-11(2)21-16-10-27-19(23-16)13-9-15(25-4)12-5-6-14(26-8-7-24-3)17(20)18(12)22-13/h5-6,9,11,16,21H,7-8,10H2,1-4H3. The van der Waals surface area contributed by atoms with Crippen LogP contribution >= 0.6 is 23.4 Å². The van der Waals surface area contributed by atoms with Crippen molar-refractivity contribution in [1.29, 1.82) is 0 Å². The Balaban J connectivity index is 1.98. The summed E-state index contributed by atoms with van der Waals surface area (Å²) in [5.41, 5.74) is 1.40. The van der Waals surface area contributed by atoms with Crippen LogP contribution < -0.4 is 14.8 Å². The number of benzene rings is 1. The van der Waals surface area contributed by atoms with Gasteiger partial charge in [0.15, 0.2) is 0 Å². The molecule has 3 rings (SSSR count). The molecule has 1 aromatic heterocycles. The van der Waals surface area contributed by atoms with Crippen molar-refractivity contribution in [2.75, 3.05) is 33.2 Å². The molecule has 8 heteroatoms. The smallest absolute Gasteiger partial charge is 0.140 e. The van der Waals surface area contributed by atoms with Crippen molar-refractivity contribution in [1.82, 2.24) is 10.3 Å². The Labute approximate surface area is 168 Å². The van der Waals surface area contributed by atoms with Crippen molar-refractivity contribution in [3.63, 3.8) is 0 Å². The zero-order chi connectivity index (χ0) is 19.4. The van der Waals surface area contributed by atoms with Crippen LogP contribution in [0.5, 0.6) is 11.5 Å². The van der Waals surface area contributed by atoms with E-state index in [1.807, 2.05) is 18.2 Å². The van der Waals surface area contributed by atoms with E-state index in [0.29, 0.717) is 41.3 Å². The van der Waals surface area contributed by atoms with Gasteiger partial charge in [0.25, 0.3) is 0 Å². The molecule has 2 heterocycles. The quantitative estimate of drug-likeness (QED) is 0.670. The van der Waals surface area contributed by atoms with Crippen LogP contribution in [0.15, 0.2) is 23.2 Å². The molecule has 0 fully saturated rings. The molecule has 0 spiro atoms. The molecular weight excluding hydrogens is 386 g/mol. The highest BCUT2D eigenvalue weighted by Gasteiger charge is 2.23. The lowest BCUT2D eigenvalue weighted by Gasteiger charge is -2.13. The number of hydrogen-bond acceptors (Lipinski definition) is 7. The van der Waals surface area contributed by atoms with E-state index in [-0.39, 0.29) is 6.17 Å². The van der Waals surface area contributed by atoms with Crippen LogP contribution in [0.25, 0.3) is 10.9 Å². The number of rotatable bonds is 8. The first-order valence-corrected chi connectivity index (χ1v) is 10.2. The number of fused-ring (bicyclic) bond motifs is 1. The molecule has 1 aromatic carbocycles. The third-order valence-electron chi connectivity index (χ3n) is 4.01. The number of aliphatic imine (C=N–C) groups is 1. The van der Waals surface area contributed by atoms with Gasteiger partial charge in [-0.3, -0.25) is 10.3 Å². The lowest BCUT2D eigenvalue weighted by molar-refractivity contribution is 0.146. The molecule has 0 saturated carbocycles. The predicted molar refractivity (Wildman–Crippen MR) is 112 cm³/mol. The van der Waals surface area contributed by atoms with Crippen molar-refractivity contribution < 1.29 is 14.2 Å². The lowest BCUT2D eigenvalue weighted by Crippen LogP contribution is -2.33. The Bertz CT molecular complexity index is 845. The largest absolute Gasteiger partial charge is 0.496 e. The summed E-state index contributed by atoms with van der Waals surface area (Å²) in [4.78, 5) is 9.52. The van der Waals surface area contributed by atoms with Gasteiger partial charge in [-0.05, 0) is 26.0 Å². The number of pyridine rings is 1. The van der Waals surface area contributed by atoms with Crippen molar-refractivity contribution in [2.45, 2.75) is 26.1 Å². The van der Waals surface area contributed by atoms with Crippen LogP contribution in [0.2, 0.25) is 5.02 Å². The van der Waals surface area contributed by atoms with Crippen LogP contribution in [0.1, 0.15) is 19.5 Å². The van der Waals surface area contributed by atoms with Crippen molar-refractivity contribution in [2.24, 2.45) is 4.99 Å². The third kappa shape index (κ3) is 4.66. The summed E-state index contributed by atoms with van der Waals surface area (Å²) in [6.45, 7) is 5.13. The van der Waals surface area contributed by atoms with Crippen molar-refractivity contribution >= 4 is 39.3 Å². The van der Waals surface area contributed by atoms with Gasteiger partial charge in [-0.15, -0.1) is 11.8 Å². The van der Waals surface area contributed by atoms with E-state index < -0.39 is 0 Å². The summed E-state index contributed by atoms with van der Waals surface area (Å²) < 4.78 is 16.3. The monoisotopic (exact) mass is 409 g/mol. The molecule has 1 atom stereocenters. The summed E-state index contributed by atoms with van der Waals surface area (Å²) in [6, 6.07) is 6.02. The predicted octanol–water partition coefficient (Wildman–Crippen LogP) is 3.74. The second-order valence-electron chi connectivity index (χ2n) is 6.41. The van der Waals surface area contributed by atoms with Gasteiger partial charge in [0.05, 0.1) is 24.9 Å². The van der Waals surface area contributed by atoms with E-state index >= 15 is 0 Å². The number of hydrogen-bond donors (Lipinski definition) is 1. The lowest BCUT2D eigenvalue weighted by atomic mass is 10.1. The van der Waals surface area contributed by atoms with E-state index in [2.05, 4.69) is 19.2 Å². The van der Waals surface area contributed by atoms with Gasteiger partial charge in [-0.2, -0.15) is 0 Å². The first-order chi connectivity index (χ1) is 13.0. The minimum Gasteiger partial charge on any atom is -0.496 e. The van der Waals surface area contributed by atoms with Crippen LogP contribution in [-0.4, -0.2) is 55.4 Å². The maximum Gasteiger partial charge on any atom is 0.140 e. The second-order valence-corrected chi connectivity index (χ2v) is 7.79. The van der Waals surface area contributed by atoms with E-state index in [4.69, 9.17) is 35.8 Å². The highest BCUT2D eigenvalue weighted by Crippen LogP contribution is 2.37. The zero-order valence-corrected chi connectivity index (χ0v) is 17.5. The fourth-order valence-electron chi connectivity index (χ4n) is 2.82. The Morgan fingerprint density at radius 3 is 2.78 bits per heavy atom. The highest BCUT2D eigenvalue weighted by molar-refractivity contribution is 8.14. The van der Waals surface area contributed by atoms with E-state index in [1.54, 1.807) is 26.0 Å². The summed E-state index contributed by atoms with van der Waals surface area (Å²) in [5, 5.41) is 5.62. The van der Waals surface area contributed by atoms with Crippen LogP contribution in [0.3, 0.4) is 0 Å². The molecule has 1 N–H and O–H groups in total. The fourth-order valence-corrected chi connectivity index (χ4v) is 4.02. The van der Waals surface area contributed by atoms with Crippen LogP contribution in [0, 0.1) is 0 Å². The van der Waals surface area contributed by atoms with Gasteiger partial charge in [0.1, 0.15) is 34.3 Å². The summed E-state index contributed by atoms with van der Waals surface area (Å²) >= 11 is 8.26. The number of halogens is 1. The highest BCUT2D eigenvalue weighted by atomic mass is 35.5. The molecule has 6 nitrogen and oxygen atoms in total. The number of thioether (sulfide) groups is 1. The molecule has 1 unspecified atom stereocenters. The van der Waals surface area contributed by atoms with Gasteiger partial charge < -0.3 is 14.2 Å². The Kier molecular flexibility index (Phi) is 6.81. The Morgan fingerprint density at radius 1 is 1.26 bits per heavy atom. The number of methoxy groups -OCH3 is 2. The summed E-state index contributed by atoms with van der Waals surface area (Å²) in [5.74, 6) is 2.17. The molecule has 0 bridgehead atoms. The van der Waals surface area contributed by atoms with Crippen LogP contribution in [0.4, 0.5) is 0 Å². The normalized spacial score (nSPS) is 16.8. The van der Waals surface area contributed by atoms with Gasteiger partial charge in [-0.25, -0.2) is 4.98 Å². The molecule has 2 aromatic rings. The summed E-state index contributed by atoms with van der Waals surface area (Å²) in [7, 11) is 3.27. The third-order valence-corrected chi connectivity index (χ3v) is 5.44. The van der Waals surface area contributed by atoms with Gasteiger partial charge >= 0.3 is 0 Å². The maximum atomic E-state index is 6.58. The van der Waals surface area contributed by atoms with E-state index in [0.717, 1.165) is 21.9 Å². The van der Waals surface area contributed by atoms with Gasteiger partial charge in [0, 0.05) is 30.4 Å². The number of aromatic nitrogens is 1. The second kappa shape index (κ2) is 9.10. The van der Waals surface area contributed by atoms with E-state index in [9.17, 15) is 0 Å². The molecule has 0 amide bonds. The average Bonchev–Trinajstić information content (AvgIpc) is 3.10. The topological polar surface area (TPSA) is 65.0 Å². The van der Waals surface area contributed by atoms with E-state index in [1.165, 1.54) is 0 Å². The molecule has 0 radical (unpaired) electrons. The zero-order valence-electron chi connectivity index (χ0n) is 15.9. The molecule has 0 aliphatic carbocycles. The maximum absolute atomic E-state index is 6.58. The van der Waals surface area contributed by atoms with Crippen molar-refractivity contribution in [3.8, 4) is 11.5 Å². The number of ether oxygens (including phenoxy) is 3. The minimum absolute atomic E-state index is 0.0904. The average molecular weight is 410 g/mol. The van der Waals surface area contributed by atoms with Crippen molar-refractivity contribution in [3.05, 3.63) is 28.9 Å².